The van der Waals surface area contributed by atoms with Crippen LogP contribution in [0, 0.1) is 18.3 Å². The van der Waals surface area contributed by atoms with E-state index >= 15 is 0 Å². The van der Waals surface area contributed by atoms with Crippen LogP contribution in [0.25, 0.3) is 0 Å². The number of benzene rings is 1. The van der Waals surface area contributed by atoms with E-state index in [1.165, 1.54) is 0 Å². The summed E-state index contributed by atoms with van der Waals surface area (Å²) in [6.45, 7) is 0.161. The zero-order valence-electron chi connectivity index (χ0n) is 10.8. The van der Waals surface area contributed by atoms with E-state index in [2.05, 4.69) is 5.92 Å². The Labute approximate surface area is 115 Å². The molecule has 1 saturated carbocycles. The van der Waals surface area contributed by atoms with E-state index in [-0.39, 0.29) is 26.1 Å². The molecule has 0 heterocycles. The molecule has 0 aliphatic heterocycles. The van der Waals surface area contributed by atoms with E-state index in [0.29, 0.717) is 11.3 Å². The normalized spacial score (nSPS) is 18.9. The highest BCUT2D eigenvalue weighted by Crippen LogP contribution is 2.50. The van der Waals surface area contributed by atoms with Gasteiger partial charge in [0, 0.05) is 12.3 Å². The molecule has 1 aliphatic carbocycles. The van der Waals surface area contributed by atoms with Crippen LogP contribution in [0.1, 0.15) is 23.2 Å². The van der Waals surface area contributed by atoms with E-state index in [1.807, 2.05) is 0 Å². The van der Waals surface area contributed by atoms with Crippen molar-refractivity contribution in [2.75, 3.05) is 13.2 Å². The largest absolute Gasteiger partial charge is 0.481 e. The molecule has 1 aromatic carbocycles. The molecule has 0 radical (unpaired) electrons. The average molecular weight is 280 g/mol. The number of carbonyl (C=O) groups excluding carboxylic acids is 1. The number of terminal acetylenes is 1. The van der Waals surface area contributed by atoms with E-state index in [4.69, 9.17) is 15.9 Å². The summed E-state index contributed by atoms with van der Waals surface area (Å²) in [6.07, 6.45) is 5.15. The number of alkyl halides is 2. The van der Waals surface area contributed by atoms with E-state index in [9.17, 15) is 13.6 Å². The highest BCUT2D eigenvalue weighted by Gasteiger charge is 2.56. The van der Waals surface area contributed by atoms with E-state index in [0.717, 1.165) is 0 Å². The Morgan fingerprint density at radius 2 is 2.05 bits per heavy atom. The van der Waals surface area contributed by atoms with Gasteiger partial charge in [-0.2, -0.15) is 0 Å². The van der Waals surface area contributed by atoms with Crippen LogP contribution in [-0.4, -0.2) is 25.1 Å². The summed E-state index contributed by atoms with van der Waals surface area (Å²) in [6, 6.07) is 6.28. The number of ether oxygens (including phenoxy) is 2. The van der Waals surface area contributed by atoms with Crippen molar-refractivity contribution in [3.8, 4) is 18.1 Å². The first-order chi connectivity index (χ1) is 9.53. The lowest BCUT2D eigenvalue weighted by Crippen LogP contribution is -2.08. The van der Waals surface area contributed by atoms with Gasteiger partial charge in [0.2, 0.25) is 0 Å². The first kappa shape index (κ1) is 14.3. The van der Waals surface area contributed by atoms with Gasteiger partial charge in [0.05, 0.1) is 12.2 Å². The van der Waals surface area contributed by atoms with Crippen LogP contribution in [0.5, 0.6) is 5.75 Å². The fourth-order valence-electron chi connectivity index (χ4n) is 1.77. The minimum Gasteiger partial charge on any atom is -0.481 e. The number of esters is 1. The van der Waals surface area contributed by atoms with Crippen molar-refractivity contribution in [1.29, 1.82) is 0 Å². The summed E-state index contributed by atoms with van der Waals surface area (Å²) in [7, 11) is 0. The molecule has 0 aromatic heterocycles. The molecule has 0 bridgehead atoms. The van der Waals surface area contributed by atoms with Crippen LogP contribution in [-0.2, 0) is 4.74 Å². The lowest BCUT2D eigenvalue weighted by molar-refractivity contribution is 0.0452. The van der Waals surface area contributed by atoms with Crippen molar-refractivity contribution in [3.05, 3.63) is 29.8 Å². The van der Waals surface area contributed by atoms with Gasteiger partial charge in [-0.25, -0.2) is 13.6 Å². The van der Waals surface area contributed by atoms with Crippen LogP contribution >= 0.6 is 0 Å². The predicted octanol–water partition coefficient (Wildman–Crippen LogP) is 2.90. The molecule has 1 atom stereocenters. The second-order valence-electron chi connectivity index (χ2n) is 4.60. The van der Waals surface area contributed by atoms with Gasteiger partial charge in [-0.1, -0.05) is 5.92 Å². The Balaban J connectivity index is 1.76. The van der Waals surface area contributed by atoms with Crippen LogP contribution in [0.3, 0.4) is 0 Å². The van der Waals surface area contributed by atoms with Gasteiger partial charge < -0.3 is 9.47 Å². The Morgan fingerprint density at radius 3 is 2.60 bits per heavy atom. The maximum absolute atomic E-state index is 12.6. The molecular formula is C15H14F2O3. The molecule has 3 nitrogen and oxygen atoms in total. The third kappa shape index (κ3) is 3.70. The smallest absolute Gasteiger partial charge is 0.338 e. The maximum atomic E-state index is 12.6. The molecule has 0 saturated heterocycles. The maximum Gasteiger partial charge on any atom is 0.338 e. The third-order valence-corrected chi connectivity index (χ3v) is 3.07. The molecule has 1 aromatic rings. The summed E-state index contributed by atoms with van der Waals surface area (Å²) in [4.78, 5) is 11.7. The summed E-state index contributed by atoms with van der Waals surface area (Å²) in [5.41, 5.74) is 0.348. The second-order valence-corrected chi connectivity index (χ2v) is 4.60. The highest BCUT2D eigenvalue weighted by atomic mass is 19.3. The number of rotatable bonds is 6. The van der Waals surface area contributed by atoms with Crippen molar-refractivity contribution in [2.45, 2.75) is 18.8 Å². The van der Waals surface area contributed by atoms with E-state index in [1.54, 1.807) is 24.3 Å². The molecule has 5 heteroatoms. The molecule has 20 heavy (non-hydrogen) atoms. The van der Waals surface area contributed by atoms with Gasteiger partial charge in [0.15, 0.2) is 0 Å². The summed E-state index contributed by atoms with van der Waals surface area (Å²) in [5, 5.41) is 0. The van der Waals surface area contributed by atoms with Crippen LogP contribution in [0.4, 0.5) is 8.78 Å². The molecule has 0 N–H and O–H groups in total. The minimum atomic E-state index is -2.57. The SMILES string of the molecule is C#CCOc1ccc(C(=O)OCCC2CC2(F)F)cc1. The molecule has 1 aliphatic rings. The molecule has 106 valence electrons. The van der Waals surface area contributed by atoms with Crippen LogP contribution in [0.15, 0.2) is 24.3 Å². The monoisotopic (exact) mass is 280 g/mol. The quantitative estimate of drug-likeness (QED) is 0.593. The van der Waals surface area contributed by atoms with Gasteiger partial charge in [-0.05, 0) is 30.7 Å². The predicted molar refractivity (Wildman–Crippen MR) is 68.7 cm³/mol. The first-order valence-corrected chi connectivity index (χ1v) is 6.24. The number of carbonyl (C=O) groups is 1. The minimum absolute atomic E-state index is 0.00837. The first-order valence-electron chi connectivity index (χ1n) is 6.24. The van der Waals surface area contributed by atoms with Gasteiger partial charge in [-0.3, -0.25) is 0 Å². The fourth-order valence-corrected chi connectivity index (χ4v) is 1.77. The van der Waals surface area contributed by atoms with E-state index < -0.39 is 17.8 Å². The van der Waals surface area contributed by atoms with Crippen LogP contribution < -0.4 is 4.74 Å². The summed E-state index contributed by atoms with van der Waals surface area (Å²) >= 11 is 0. The lowest BCUT2D eigenvalue weighted by Gasteiger charge is -2.06. The Morgan fingerprint density at radius 1 is 1.40 bits per heavy atom. The number of hydrogen-bond donors (Lipinski definition) is 0. The number of hydrogen-bond acceptors (Lipinski definition) is 3. The van der Waals surface area contributed by atoms with Crippen LogP contribution in [0.2, 0.25) is 0 Å². The Hall–Kier alpha value is -2.09. The molecule has 2 rings (SSSR count). The van der Waals surface area contributed by atoms with Gasteiger partial charge in [0.1, 0.15) is 12.4 Å². The zero-order chi connectivity index (χ0) is 14.6. The van der Waals surface area contributed by atoms with Crippen molar-refractivity contribution in [2.24, 2.45) is 5.92 Å². The molecule has 1 unspecified atom stereocenters. The fraction of sp³-hybridized carbons (Fsp3) is 0.400. The summed E-state index contributed by atoms with van der Waals surface area (Å²) < 4.78 is 35.4. The highest BCUT2D eigenvalue weighted by molar-refractivity contribution is 5.89. The van der Waals surface area contributed by atoms with Gasteiger partial charge in [-0.15, -0.1) is 6.42 Å². The Bertz CT molecular complexity index is 517. The molecule has 0 amide bonds. The average Bonchev–Trinajstić information content (AvgIpc) is 3.04. The standard InChI is InChI=1S/C15H14F2O3/c1-2-8-19-13-5-3-11(4-6-13)14(18)20-9-7-12-10-15(12,16)17/h1,3-6,12H,7-10H2. The molecular weight excluding hydrogens is 266 g/mol. The van der Waals surface area contributed by atoms with Gasteiger partial charge >= 0.3 is 5.97 Å². The van der Waals surface area contributed by atoms with Crippen molar-refractivity contribution < 1.29 is 23.0 Å². The van der Waals surface area contributed by atoms with Gasteiger partial charge in [0.25, 0.3) is 5.92 Å². The van der Waals surface area contributed by atoms with Crippen molar-refractivity contribution in [1.82, 2.24) is 0 Å². The molecule has 1 fully saturated rings. The Kier molecular flexibility index (Phi) is 4.23. The third-order valence-electron chi connectivity index (χ3n) is 3.07. The number of halogens is 2. The summed E-state index contributed by atoms with van der Waals surface area (Å²) in [5.74, 6) is -0.859. The van der Waals surface area contributed by atoms with Crippen molar-refractivity contribution >= 4 is 5.97 Å². The topological polar surface area (TPSA) is 35.5 Å². The second kappa shape index (κ2) is 5.91. The molecule has 0 spiro atoms. The lowest BCUT2D eigenvalue weighted by atomic mass is 10.2. The van der Waals surface area contributed by atoms with Crippen molar-refractivity contribution in [3.63, 3.8) is 0 Å². The zero-order valence-corrected chi connectivity index (χ0v) is 10.8.